The van der Waals surface area contributed by atoms with Gasteiger partial charge in [-0.1, -0.05) is 0 Å². The normalized spacial score (nSPS) is 30.0. The van der Waals surface area contributed by atoms with E-state index in [2.05, 4.69) is 5.32 Å². The average molecular weight is 640 g/mol. The number of hydrogen-bond acceptors (Lipinski definition) is 13. The lowest BCUT2D eigenvalue weighted by Gasteiger charge is -2.39. The first-order chi connectivity index (χ1) is 21.2. The van der Waals surface area contributed by atoms with E-state index < -0.39 is 91.4 Å². The number of aromatic hydroxyl groups is 1. The zero-order valence-corrected chi connectivity index (χ0v) is 23.2. The number of phenolic OH excluding ortho intramolecular Hbond substituents is 1. The van der Waals surface area contributed by atoms with E-state index >= 15 is 0 Å². The number of carbonyl (C=O) groups excluding carboxylic acids is 1. The lowest BCUT2D eigenvalue weighted by molar-refractivity contribution is -0.838. The van der Waals surface area contributed by atoms with E-state index in [4.69, 9.17) is 19.3 Å². The van der Waals surface area contributed by atoms with Gasteiger partial charge in [0.2, 0.25) is 6.29 Å². The molecule has 18 nitrogen and oxygen atoms in total. The third-order valence-corrected chi connectivity index (χ3v) is 7.50. The smallest absolute Gasteiger partial charge is 0.363 e. The molecule has 3 aliphatic rings. The highest BCUT2D eigenvalue weighted by atomic mass is 16.7. The highest BCUT2D eigenvalue weighted by Crippen LogP contribution is 2.36. The molecule has 0 radical (unpaired) electrons. The van der Waals surface area contributed by atoms with Gasteiger partial charge in [0.25, 0.3) is 0 Å². The summed E-state index contributed by atoms with van der Waals surface area (Å²) in [6, 6.07) is 0.239. The molecule has 3 aliphatic heterocycles. The number of phenols is 1. The van der Waals surface area contributed by atoms with Crippen LogP contribution in [0.15, 0.2) is 35.6 Å². The molecule has 10 N–H and O–H groups in total. The van der Waals surface area contributed by atoms with Crippen molar-refractivity contribution >= 4 is 35.5 Å². The van der Waals surface area contributed by atoms with Crippen molar-refractivity contribution in [3.05, 3.63) is 41.1 Å². The van der Waals surface area contributed by atoms with Gasteiger partial charge in [-0.05, 0) is 23.8 Å². The molecule has 8 atom stereocenters. The molecule has 1 aromatic rings. The number of carbonyl (C=O) groups is 5. The Morgan fingerprint density at radius 2 is 1.69 bits per heavy atom. The van der Waals surface area contributed by atoms with Crippen LogP contribution < -0.4 is 15.0 Å². The molecule has 244 valence electrons. The minimum absolute atomic E-state index is 0.0223. The first kappa shape index (κ1) is 33.1. The summed E-state index contributed by atoms with van der Waals surface area (Å²) in [6.07, 6.45) is -6.98. The molecule has 0 amide bonds. The van der Waals surface area contributed by atoms with Gasteiger partial charge < -0.3 is 60.4 Å². The van der Waals surface area contributed by atoms with Gasteiger partial charge in [-0.2, -0.15) is 0 Å². The van der Waals surface area contributed by atoms with Crippen molar-refractivity contribution in [1.82, 2.24) is 5.32 Å². The van der Waals surface area contributed by atoms with Crippen molar-refractivity contribution in [3.8, 4) is 11.5 Å². The van der Waals surface area contributed by atoms with E-state index in [0.717, 1.165) is 0 Å². The minimum atomic E-state index is -1.86. The van der Waals surface area contributed by atoms with E-state index in [1.54, 1.807) is 0 Å². The lowest BCUT2D eigenvalue weighted by atomic mass is 9.99. The van der Waals surface area contributed by atoms with Crippen LogP contribution in [0, 0.1) is 0 Å². The zero-order chi connectivity index (χ0) is 33.2. The third kappa shape index (κ3) is 7.49. The van der Waals surface area contributed by atoms with Crippen molar-refractivity contribution in [1.29, 1.82) is 0 Å². The van der Waals surface area contributed by atoms with Crippen LogP contribution in [0.3, 0.4) is 0 Å². The van der Waals surface area contributed by atoms with E-state index in [9.17, 15) is 59.7 Å². The van der Waals surface area contributed by atoms with Gasteiger partial charge in [-0.3, -0.25) is 14.5 Å². The number of fused-ring (bicyclic) bond motifs is 1. The Kier molecular flexibility index (Phi) is 9.94. The largest absolute Gasteiger partial charge is 0.504 e. The van der Waals surface area contributed by atoms with Crippen LogP contribution in [-0.2, 0) is 39.9 Å². The summed E-state index contributed by atoms with van der Waals surface area (Å²) in [4.78, 5) is 57.7. The number of ether oxygens (including phenoxy) is 3. The monoisotopic (exact) mass is 639 g/mol. The second kappa shape index (κ2) is 13.5. The highest BCUT2D eigenvalue weighted by Gasteiger charge is 2.46. The van der Waals surface area contributed by atoms with Gasteiger partial charge in [0.05, 0.1) is 0 Å². The van der Waals surface area contributed by atoms with Crippen molar-refractivity contribution in [2.75, 3.05) is 13.2 Å². The maximum Gasteiger partial charge on any atom is 0.363 e. The predicted molar refractivity (Wildman–Crippen MR) is 142 cm³/mol. The minimum Gasteiger partial charge on any atom is -0.504 e. The Balaban J connectivity index is 1.54. The summed E-state index contributed by atoms with van der Waals surface area (Å²) in [5.41, 5.74) is 0.764. The van der Waals surface area contributed by atoms with Crippen LogP contribution in [0.2, 0.25) is 0 Å². The van der Waals surface area contributed by atoms with Crippen molar-refractivity contribution in [3.63, 3.8) is 0 Å². The maximum absolute atomic E-state index is 12.1. The summed E-state index contributed by atoms with van der Waals surface area (Å²) in [6.45, 7) is -0.723. The summed E-state index contributed by atoms with van der Waals surface area (Å²) in [7, 11) is 0. The third-order valence-electron chi connectivity index (χ3n) is 7.50. The maximum atomic E-state index is 12.1. The molecular formula is C27H31N2O16+. The SMILES string of the molecule is O=C(O)CC(=O)OC[C@H]1O[C@@H](Oc2cc3c(cc2O)[NH+](CC=C2C=C(C(=O)O)N[C@H](C(=O)O)C2)[C@H](C(=O)O)C3)[C@H](O)[C@@H](O)[C@@H]1O. The number of aliphatic hydroxyl groups excluding tert-OH is 3. The number of nitrogens with one attached hydrogen (secondary N) is 2. The van der Waals surface area contributed by atoms with Crippen molar-refractivity contribution < 1.29 is 83.9 Å². The van der Waals surface area contributed by atoms with Gasteiger partial charge in [0, 0.05) is 24.5 Å². The second-order valence-corrected chi connectivity index (χ2v) is 10.6. The van der Waals surface area contributed by atoms with Crippen LogP contribution in [0.25, 0.3) is 0 Å². The fourth-order valence-electron chi connectivity index (χ4n) is 5.23. The molecular weight excluding hydrogens is 608 g/mol. The molecule has 1 aromatic carbocycles. The Labute approximate surface area is 253 Å². The Morgan fingerprint density at radius 3 is 2.31 bits per heavy atom. The van der Waals surface area contributed by atoms with Crippen LogP contribution >= 0.6 is 0 Å². The zero-order valence-electron chi connectivity index (χ0n) is 23.2. The van der Waals surface area contributed by atoms with Gasteiger partial charge in [0.15, 0.2) is 17.5 Å². The molecule has 0 saturated carbocycles. The fraction of sp³-hybridized carbons (Fsp3) is 0.444. The van der Waals surface area contributed by atoms with Crippen molar-refractivity contribution in [2.45, 2.75) is 62.1 Å². The highest BCUT2D eigenvalue weighted by molar-refractivity contribution is 5.90. The quantitative estimate of drug-likeness (QED) is 0.0828. The second-order valence-electron chi connectivity index (χ2n) is 10.6. The number of carboxylic acids is 4. The number of rotatable bonds is 11. The molecule has 0 spiro atoms. The first-order valence-corrected chi connectivity index (χ1v) is 13.5. The number of benzene rings is 1. The molecule has 0 aromatic heterocycles. The molecule has 0 bridgehead atoms. The first-order valence-electron chi connectivity index (χ1n) is 13.5. The topological polar surface area (TPSA) is 291 Å². The number of aliphatic hydroxyl groups is 3. The molecule has 4 rings (SSSR count). The Morgan fingerprint density at radius 1 is 0.978 bits per heavy atom. The molecule has 0 aliphatic carbocycles. The van der Waals surface area contributed by atoms with Crippen LogP contribution in [0.4, 0.5) is 5.69 Å². The van der Waals surface area contributed by atoms with Gasteiger partial charge in [-0.15, -0.1) is 0 Å². The number of esters is 1. The predicted octanol–water partition coefficient (Wildman–Crippen LogP) is -3.54. The number of aliphatic carboxylic acids is 4. The number of hydrogen-bond donors (Lipinski definition) is 10. The van der Waals surface area contributed by atoms with E-state index in [1.165, 1.54) is 24.3 Å². The fourth-order valence-corrected chi connectivity index (χ4v) is 5.23. The summed E-state index contributed by atoms with van der Waals surface area (Å²) in [5, 5.41) is 81.4. The molecule has 1 saturated heterocycles. The van der Waals surface area contributed by atoms with Gasteiger partial charge in [-0.25, -0.2) is 14.4 Å². The van der Waals surface area contributed by atoms with Crippen LogP contribution in [-0.4, -0.2) is 127 Å². The summed E-state index contributed by atoms with van der Waals surface area (Å²) in [5.74, 6) is -7.25. The number of carboxylic acid groups (broad SMARTS) is 4. The lowest BCUT2D eigenvalue weighted by Crippen LogP contribution is -3.11. The molecule has 45 heavy (non-hydrogen) atoms. The van der Waals surface area contributed by atoms with Gasteiger partial charge in [0.1, 0.15) is 61.4 Å². The van der Waals surface area contributed by atoms with E-state index in [-0.39, 0.29) is 30.8 Å². The standard InChI is InChI=1S/C27H30N2O16/c30-16-7-14-11(5-15(26(41)42)29(14)2-1-10-3-12(24(37)38)28-13(4-10)25(39)40)6-17(16)44-27-23(36)22(35)21(34)18(45-27)9-43-20(33)8-19(31)32/h1,3,6-7,13,15,18,21-23,27-28,30,34-36H,2,4-5,8-9H2,(H,31,32)(H,37,38)(H,39,40)(H,41,42)/p+1/t13-,15-,18+,21+,22-,23+,27+/m0/s1. The molecule has 1 fully saturated rings. The average Bonchev–Trinajstić information content (AvgIpc) is 3.32. The number of allylic oxidation sites excluding steroid dienone is 1. The molecule has 1 unspecified atom stereocenters. The Hall–Kier alpha value is -4.75. The Bertz CT molecular complexity index is 1440. The van der Waals surface area contributed by atoms with Crippen LogP contribution in [0.5, 0.6) is 11.5 Å². The molecule has 18 heteroatoms. The van der Waals surface area contributed by atoms with E-state index in [0.29, 0.717) is 21.7 Å². The van der Waals surface area contributed by atoms with E-state index in [1.807, 2.05) is 0 Å². The van der Waals surface area contributed by atoms with Crippen LogP contribution in [0.1, 0.15) is 18.4 Å². The summed E-state index contributed by atoms with van der Waals surface area (Å²) < 4.78 is 15.8. The van der Waals surface area contributed by atoms with Gasteiger partial charge >= 0.3 is 29.8 Å². The number of quaternary nitrogens is 1. The van der Waals surface area contributed by atoms with Crippen molar-refractivity contribution in [2.24, 2.45) is 0 Å². The summed E-state index contributed by atoms with van der Waals surface area (Å²) >= 11 is 0. The molecule has 3 heterocycles.